The number of amides is 1. The molecule has 0 aromatic heterocycles. The molecule has 0 saturated carbocycles. The Bertz CT molecular complexity index is 364. The molecule has 1 aliphatic heterocycles. The third-order valence-electron chi connectivity index (χ3n) is 5.15. The number of ether oxygens (including phenoxy) is 1. The fourth-order valence-electron chi connectivity index (χ4n) is 3.41. The van der Waals surface area contributed by atoms with Gasteiger partial charge in [-0.1, -0.05) is 103 Å². The molecule has 0 unspecified atom stereocenters. The van der Waals surface area contributed by atoms with Gasteiger partial charge in [0.2, 0.25) is 0 Å². The van der Waals surface area contributed by atoms with E-state index in [4.69, 9.17) is 4.74 Å². The molecule has 0 fully saturated rings. The number of hydrogen-bond acceptors (Lipinski definition) is 3. The van der Waals surface area contributed by atoms with Crippen molar-refractivity contribution in [2.24, 2.45) is 4.99 Å². The first-order valence-electron chi connectivity index (χ1n) is 11.3. The van der Waals surface area contributed by atoms with Gasteiger partial charge in [-0.15, -0.1) is 0 Å². The van der Waals surface area contributed by atoms with Crippen LogP contribution in [0, 0.1) is 0 Å². The fourth-order valence-corrected chi connectivity index (χ4v) is 3.41. The van der Waals surface area contributed by atoms with Crippen LogP contribution in [-0.4, -0.2) is 66.6 Å². The van der Waals surface area contributed by atoms with Crippen molar-refractivity contribution < 1.29 is 9.53 Å². The molecule has 154 valence electrons. The van der Waals surface area contributed by atoms with E-state index < -0.39 is 0 Å². The summed E-state index contributed by atoms with van der Waals surface area (Å²) < 4.78 is 5.24. The number of hydrogen-bond donors (Lipinski definition) is 0. The van der Waals surface area contributed by atoms with E-state index in [1.807, 2.05) is 0 Å². The molecule has 0 aromatic carbocycles. The summed E-state index contributed by atoms with van der Waals surface area (Å²) in [5.74, 6) is 0. The molecule has 0 bridgehead atoms. The van der Waals surface area contributed by atoms with Gasteiger partial charge in [0.25, 0.3) is 0 Å². The van der Waals surface area contributed by atoms with Crippen molar-refractivity contribution in [3.05, 3.63) is 0 Å². The average molecular weight is 391 g/mol. The van der Waals surface area contributed by atoms with Gasteiger partial charge >= 0.3 is 35.7 Å². The van der Waals surface area contributed by atoms with E-state index in [-0.39, 0.29) is 35.7 Å². The predicted molar refractivity (Wildman–Crippen MR) is 118 cm³/mol. The Hall–Kier alpha value is -0.0600. The summed E-state index contributed by atoms with van der Waals surface area (Å²) >= 11 is 0. The van der Waals surface area contributed by atoms with Crippen LogP contribution < -0.4 is 0 Å². The Balaban J connectivity index is 0.00000676. The third kappa shape index (κ3) is 16.6. The normalized spacial score (nSPS) is 13.0. The molecule has 0 N–H and O–H groups in total. The van der Waals surface area contributed by atoms with Crippen LogP contribution >= 0.6 is 0 Å². The molecule has 0 spiro atoms. The second-order valence-corrected chi connectivity index (χ2v) is 7.63. The van der Waals surface area contributed by atoms with Crippen molar-refractivity contribution in [3.63, 3.8) is 0 Å². The standard InChI is InChI=1S/C22H42N2O2.Na.H/c1-2-3-4-5-6-7-8-9-10-11-12-13-14-15-16-17-20-26-22(25)24-19-18-23-21-24;;/h21H,2-20H2,1H3;;. The Morgan fingerprint density at radius 1 is 0.815 bits per heavy atom. The van der Waals surface area contributed by atoms with Crippen LogP contribution in [0.2, 0.25) is 0 Å². The van der Waals surface area contributed by atoms with E-state index in [1.165, 1.54) is 96.3 Å². The van der Waals surface area contributed by atoms with Crippen molar-refractivity contribution in [1.82, 2.24) is 4.90 Å². The fraction of sp³-hybridized carbons (Fsp3) is 0.909. The molecule has 1 amide bonds. The summed E-state index contributed by atoms with van der Waals surface area (Å²) in [7, 11) is 0. The van der Waals surface area contributed by atoms with Crippen molar-refractivity contribution in [1.29, 1.82) is 0 Å². The van der Waals surface area contributed by atoms with Crippen LogP contribution in [0.15, 0.2) is 4.99 Å². The Morgan fingerprint density at radius 3 is 1.67 bits per heavy atom. The monoisotopic (exact) mass is 390 g/mol. The van der Waals surface area contributed by atoms with Gasteiger partial charge in [0.1, 0.15) is 0 Å². The molecular weight excluding hydrogens is 347 g/mol. The summed E-state index contributed by atoms with van der Waals surface area (Å²) in [6.07, 6.45) is 23.1. The molecule has 5 heteroatoms. The van der Waals surface area contributed by atoms with Crippen LogP contribution in [-0.2, 0) is 4.74 Å². The number of carbonyl (C=O) groups excluding carboxylic acids is 1. The number of nitrogens with zero attached hydrogens (tertiary/aromatic N) is 2. The summed E-state index contributed by atoms with van der Waals surface area (Å²) in [6.45, 7) is 4.19. The van der Waals surface area contributed by atoms with Gasteiger partial charge in [0.15, 0.2) is 0 Å². The quantitative estimate of drug-likeness (QED) is 0.223. The zero-order valence-corrected chi connectivity index (χ0v) is 17.2. The van der Waals surface area contributed by atoms with E-state index >= 15 is 0 Å². The molecule has 0 atom stereocenters. The Labute approximate surface area is 190 Å². The molecule has 0 aromatic rings. The SMILES string of the molecule is CCCCCCCCCCCCCCCCCCOC(=O)N1C=NCC1.[NaH]. The van der Waals surface area contributed by atoms with Crippen molar-refractivity contribution >= 4 is 42.0 Å². The molecule has 1 heterocycles. The Kier molecular flexibility index (Phi) is 20.6. The van der Waals surface area contributed by atoms with Crippen LogP contribution in [0.4, 0.5) is 4.79 Å². The zero-order valence-electron chi connectivity index (χ0n) is 17.2. The second kappa shape index (κ2) is 20.7. The van der Waals surface area contributed by atoms with Gasteiger partial charge in [-0.3, -0.25) is 9.89 Å². The summed E-state index contributed by atoms with van der Waals surface area (Å²) in [5, 5.41) is 0. The maximum absolute atomic E-state index is 11.6. The maximum atomic E-state index is 11.6. The molecule has 27 heavy (non-hydrogen) atoms. The first-order valence-corrected chi connectivity index (χ1v) is 11.3. The number of rotatable bonds is 17. The van der Waals surface area contributed by atoms with Crippen LogP contribution in [0.1, 0.15) is 110 Å². The van der Waals surface area contributed by atoms with Crippen molar-refractivity contribution in [2.75, 3.05) is 19.7 Å². The van der Waals surface area contributed by atoms with Gasteiger partial charge in [-0.05, 0) is 6.42 Å². The van der Waals surface area contributed by atoms with E-state index in [0.29, 0.717) is 19.7 Å². The summed E-state index contributed by atoms with van der Waals surface area (Å²) in [6, 6.07) is 0. The Morgan fingerprint density at radius 2 is 1.26 bits per heavy atom. The molecule has 0 saturated heterocycles. The average Bonchev–Trinajstić information content (AvgIpc) is 3.19. The third-order valence-corrected chi connectivity index (χ3v) is 5.15. The van der Waals surface area contributed by atoms with Crippen LogP contribution in [0.25, 0.3) is 0 Å². The van der Waals surface area contributed by atoms with Gasteiger partial charge in [0, 0.05) is 6.54 Å². The van der Waals surface area contributed by atoms with Gasteiger partial charge in [-0.25, -0.2) is 4.79 Å². The van der Waals surface area contributed by atoms with Crippen LogP contribution in [0.5, 0.6) is 0 Å². The molecule has 0 radical (unpaired) electrons. The second-order valence-electron chi connectivity index (χ2n) is 7.63. The zero-order chi connectivity index (χ0) is 18.7. The summed E-state index contributed by atoms with van der Waals surface area (Å²) in [4.78, 5) is 17.2. The number of aliphatic imine (C=N–C) groups is 1. The van der Waals surface area contributed by atoms with E-state index in [1.54, 1.807) is 11.2 Å². The minimum absolute atomic E-state index is 0. The van der Waals surface area contributed by atoms with Crippen molar-refractivity contribution in [2.45, 2.75) is 110 Å². The molecule has 0 aliphatic carbocycles. The molecule has 4 nitrogen and oxygen atoms in total. The summed E-state index contributed by atoms with van der Waals surface area (Å²) in [5.41, 5.74) is 0. The molecule has 1 rings (SSSR count). The number of unbranched alkanes of at least 4 members (excludes halogenated alkanes) is 15. The van der Waals surface area contributed by atoms with Crippen LogP contribution in [0.3, 0.4) is 0 Å². The van der Waals surface area contributed by atoms with Crippen molar-refractivity contribution in [3.8, 4) is 0 Å². The van der Waals surface area contributed by atoms with Gasteiger partial charge in [-0.2, -0.15) is 0 Å². The molecular formula is C22H43N2NaO2. The van der Waals surface area contributed by atoms with E-state index in [9.17, 15) is 4.79 Å². The predicted octanol–water partition coefficient (Wildman–Crippen LogP) is 6.08. The van der Waals surface area contributed by atoms with E-state index in [0.717, 1.165) is 6.42 Å². The topological polar surface area (TPSA) is 41.9 Å². The van der Waals surface area contributed by atoms with Gasteiger partial charge in [0.05, 0.1) is 19.5 Å². The minimum atomic E-state index is -0.243. The van der Waals surface area contributed by atoms with Gasteiger partial charge < -0.3 is 4.74 Å². The number of carbonyl (C=O) groups is 1. The molecule has 1 aliphatic rings. The first-order chi connectivity index (χ1) is 12.8. The first kappa shape index (κ1) is 26.9. The van der Waals surface area contributed by atoms with E-state index in [2.05, 4.69) is 11.9 Å².